The van der Waals surface area contributed by atoms with Crippen LogP contribution in [-0.4, -0.2) is 24.9 Å². The fourth-order valence-electron chi connectivity index (χ4n) is 1.17. The van der Waals surface area contributed by atoms with Crippen molar-refractivity contribution in [1.29, 1.82) is 0 Å². The summed E-state index contributed by atoms with van der Waals surface area (Å²) in [7, 11) is 1.46. The minimum Gasteiger partial charge on any atom is -0.399 e. The van der Waals surface area contributed by atoms with Gasteiger partial charge in [-0.05, 0) is 18.2 Å². The highest BCUT2D eigenvalue weighted by molar-refractivity contribution is 8.00. The molecule has 17 heavy (non-hydrogen) atoms. The van der Waals surface area contributed by atoms with Gasteiger partial charge in [0.1, 0.15) is 11.1 Å². The summed E-state index contributed by atoms with van der Waals surface area (Å²) < 4.78 is 18.4. The SMILES string of the molecule is COCC(Sc1ccc(N)cc1F)C(=O)NN. The zero-order chi connectivity index (χ0) is 12.8. The monoisotopic (exact) mass is 259 g/mol. The average molecular weight is 259 g/mol. The van der Waals surface area contributed by atoms with Crippen molar-refractivity contribution in [3.8, 4) is 0 Å². The predicted octanol–water partition coefficient (Wildman–Crippen LogP) is 0.505. The molecule has 0 radical (unpaired) electrons. The normalized spacial score (nSPS) is 12.2. The molecule has 0 heterocycles. The topological polar surface area (TPSA) is 90.4 Å². The van der Waals surface area contributed by atoms with Crippen molar-refractivity contribution in [2.24, 2.45) is 5.84 Å². The van der Waals surface area contributed by atoms with E-state index in [4.69, 9.17) is 16.3 Å². The Bertz CT molecular complexity index is 403. The third-order valence-electron chi connectivity index (χ3n) is 1.98. The summed E-state index contributed by atoms with van der Waals surface area (Å²) in [4.78, 5) is 11.7. The van der Waals surface area contributed by atoms with E-state index in [9.17, 15) is 9.18 Å². The number of nitrogens with two attached hydrogens (primary N) is 2. The molecule has 0 aromatic heterocycles. The molecule has 5 nitrogen and oxygen atoms in total. The van der Waals surface area contributed by atoms with Crippen molar-refractivity contribution in [1.82, 2.24) is 5.43 Å². The van der Waals surface area contributed by atoms with E-state index in [-0.39, 0.29) is 6.61 Å². The molecule has 0 fully saturated rings. The molecule has 1 aromatic rings. The fourth-order valence-corrected chi connectivity index (χ4v) is 2.18. The molecule has 0 saturated heterocycles. The van der Waals surface area contributed by atoms with Crippen LogP contribution in [0.1, 0.15) is 0 Å². The molecule has 7 heteroatoms. The van der Waals surface area contributed by atoms with Crippen molar-refractivity contribution in [2.45, 2.75) is 10.1 Å². The molecule has 0 aliphatic carbocycles. The van der Waals surface area contributed by atoms with E-state index in [0.717, 1.165) is 11.8 Å². The number of benzene rings is 1. The highest BCUT2D eigenvalue weighted by Gasteiger charge is 2.20. The lowest BCUT2D eigenvalue weighted by Crippen LogP contribution is -2.39. The van der Waals surface area contributed by atoms with Crippen LogP contribution in [0, 0.1) is 5.82 Å². The van der Waals surface area contributed by atoms with E-state index in [0.29, 0.717) is 10.6 Å². The van der Waals surface area contributed by atoms with Crippen LogP contribution in [0.2, 0.25) is 0 Å². The number of methoxy groups -OCH3 is 1. The molecule has 1 amide bonds. The summed E-state index contributed by atoms with van der Waals surface area (Å²) in [5.41, 5.74) is 7.78. The Morgan fingerprint density at radius 2 is 2.35 bits per heavy atom. The first-order valence-electron chi connectivity index (χ1n) is 4.79. The molecule has 0 saturated carbocycles. The Morgan fingerprint density at radius 3 is 2.88 bits per heavy atom. The number of nitrogen functional groups attached to an aromatic ring is 1. The van der Waals surface area contributed by atoms with Gasteiger partial charge in [0.25, 0.3) is 0 Å². The molecule has 1 rings (SSSR count). The average Bonchev–Trinajstić information content (AvgIpc) is 2.30. The molecule has 5 N–H and O–H groups in total. The lowest BCUT2D eigenvalue weighted by Gasteiger charge is -2.14. The van der Waals surface area contributed by atoms with Gasteiger partial charge in [-0.1, -0.05) is 0 Å². The number of amides is 1. The number of carbonyl (C=O) groups is 1. The summed E-state index contributed by atoms with van der Waals surface area (Å²) >= 11 is 1.03. The van der Waals surface area contributed by atoms with Crippen molar-refractivity contribution in [3.63, 3.8) is 0 Å². The maximum atomic E-state index is 13.5. The molecular weight excluding hydrogens is 245 g/mol. The van der Waals surface area contributed by atoms with Crippen LogP contribution < -0.4 is 17.0 Å². The van der Waals surface area contributed by atoms with Crippen molar-refractivity contribution >= 4 is 23.4 Å². The summed E-state index contributed by atoms with van der Waals surface area (Å²) in [5.74, 6) is 4.14. The Labute approximate surface area is 103 Å². The van der Waals surface area contributed by atoms with Crippen LogP contribution in [0.5, 0.6) is 0 Å². The largest absolute Gasteiger partial charge is 0.399 e. The molecule has 0 aliphatic rings. The van der Waals surface area contributed by atoms with Crippen molar-refractivity contribution in [3.05, 3.63) is 24.0 Å². The highest BCUT2D eigenvalue weighted by atomic mass is 32.2. The van der Waals surface area contributed by atoms with Gasteiger partial charge in [-0.25, -0.2) is 10.2 Å². The molecule has 94 valence electrons. The number of carbonyl (C=O) groups excluding carboxylic acids is 1. The quantitative estimate of drug-likeness (QED) is 0.235. The second-order valence-corrected chi connectivity index (χ2v) is 4.50. The van der Waals surface area contributed by atoms with Crippen LogP contribution in [0.3, 0.4) is 0 Å². The first-order chi connectivity index (χ1) is 8.08. The third kappa shape index (κ3) is 3.88. The van der Waals surface area contributed by atoms with Gasteiger partial charge in [0.15, 0.2) is 0 Å². The summed E-state index contributed by atoms with van der Waals surface area (Å²) in [6.45, 7) is 0.136. The van der Waals surface area contributed by atoms with Gasteiger partial charge in [-0.15, -0.1) is 11.8 Å². The van der Waals surface area contributed by atoms with Gasteiger partial charge >= 0.3 is 0 Å². The van der Waals surface area contributed by atoms with Gasteiger partial charge in [0, 0.05) is 17.7 Å². The van der Waals surface area contributed by atoms with E-state index in [1.54, 1.807) is 6.07 Å². The summed E-state index contributed by atoms with van der Waals surface area (Å²) in [5, 5.41) is -0.608. The molecule has 0 aliphatic heterocycles. The molecule has 1 unspecified atom stereocenters. The van der Waals surface area contributed by atoms with Gasteiger partial charge in [0.05, 0.1) is 6.61 Å². The van der Waals surface area contributed by atoms with Crippen LogP contribution >= 0.6 is 11.8 Å². The minimum atomic E-state index is -0.608. The number of anilines is 1. The van der Waals surface area contributed by atoms with Crippen LogP contribution in [0.25, 0.3) is 0 Å². The number of thioether (sulfide) groups is 1. The smallest absolute Gasteiger partial charge is 0.249 e. The molecule has 0 bridgehead atoms. The lowest BCUT2D eigenvalue weighted by atomic mass is 10.3. The van der Waals surface area contributed by atoms with Crippen LogP contribution in [0.15, 0.2) is 23.1 Å². The van der Waals surface area contributed by atoms with E-state index in [1.165, 1.54) is 19.2 Å². The Kier molecular flexibility index (Phi) is 5.20. The maximum Gasteiger partial charge on any atom is 0.249 e. The number of halogens is 1. The first kappa shape index (κ1) is 13.8. The standard InChI is InChI=1S/C10H14FN3O2S/c1-16-5-9(10(15)14-13)17-8-3-2-6(12)4-7(8)11/h2-4,9H,5,12-13H2,1H3,(H,14,15). The molecule has 1 atom stereocenters. The zero-order valence-electron chi connectivity index (χ0n) is 9.27. The lowest BCUT2D eigenvalue weighted by molar-refractivity contribution is -0.121. The van der Waals surface area contributed by atoms with Crippen molar-refractivity contribution < 1.29 is 13.9 Å². The maximum absolute atomic E-state index is 13.5. The first-order valence-corrected chi connectivity index (χ1v) is 5.67. The second-order valence-electron chi connectivity index (χ2n) is 3.26. The number of ether oxygens (including phenoxy) is 1. The van der Waals surface area contributed by atoms with Gasteiger partial charge in [0.2, 0.25) is 5.91 Å². The zero-order valence-corrected chi connectivity index (χ0v) is 10.1. The number of hydrogen-bond donors (Lipinski definition) is 3. The molecular formula is C10H14FN3O2S. The number of hydrazine groups is 1. The Morgan fingerprint density at radius 1 is 1.65 bits per heavy atom. The van der Waals surface area contributed by atoms with E-state index < -0.39 is 17.0 Å². The van der Waals surface area contributed by atoms with Gasteiger partial charge in [-0.3, -0.25) is 10.2 Å². The summed E-state index contributed by atoms with van der Waals surface area (Å²) in [6.07, 6.45) is 0. The van der Waals surface area contributed by atoms with Crippen LogP contribution in [0.4, 0.5) is 10.1 Å². The number of rotatable bonds is 5. The summed E-state index contributed by atoms with van der Waals surface area (Å²) in [6, 6.07) is 4.28. The fraction of sp³-hybridized carbons (Fsp3) is 0.300. The van der Waals surface area contributed by atoms with E-state index in [1.807, 2.05) is 5.43 Å². The third-order valence-corrected chi connectivity index (χ3v) is 3.20. The molecule has 0 spiro atoms. The van der Waals surface area contributed by atoms with Crippen molar-refractivity contribution in [2.75, 3.05) is 19.5 Å². The van der Waals surface area contributed by atoms with E-state index >= 15 is 0 Å². The van der Waals surface area contributed by atoms with Gasteiger partial charge in [-0.2, -0.15) is 0 Å². The number of hydrogen-bond acceptors (Lipinski definition) is 5. The molecule has 1 aromatic carbocycles. The number of nitrogens with one attached hydrogen (secondary N) is 1. The Hall–Kier alpha value is -1.31. The minimum absolute atomic E-state index is 0.136. The predicted molar refractivity (Wildman–Crippen MR) is 64.7 cm³/mol. The Balaban J connectivity index is 2.82. The van der Waals surface area contributed by atoms with Crippen LogP contribution in [-0.2, 0) is 9.53 Å². The highest BCUT2D eigenvalue weighted by Crippen LogP contribution is 2.27. The van der Waals surface area contributed by atoms with E-state index in [2.05, 4.69) is 0 Å². The second kappa shape index (κ2) is 6.43. The van der Waals surface area contributed by atoms with Gasteiger partial charge < -0.3 is 10.5 Å².